The second kappa shape index (κ2) is 9.28. The van der Waals surface area contributed by atoms with Crippen molar-refractivity contribution in [2.75, 3.05) is 13.1 Å². The SMILES string of the molecule is O=c1cc(CSc2nnc(CN3CCCCC3)n2Cc2ccccc2)occ1O. The third-order valence-electron chi connectivity index (χ3n) is 5.00. The molecule has 0 atom stereocenters. The summed E-state index contributed by atoms with van der Waals surface area (Å²) < 4.78 is 7.46. The lowest BCUT2D eigenvalue weighted by molar-refractivity contribution is 0.213. The van der Waals surface area contributed by atoms with E-state index in [1.807, 2.05) is 18.2 Å². The molecule has 1 saturated heterocycles. The van der Waals surface area contributed by atoms with E-state index in [2.05, 4.69) is 31.8 Å². The van der Waals surface area contributed by atoms with Crippen LogP contribution in [0.15, 0.2) is 57.0 Å². The molecule has 0 unspecified atom stereocenters. The van der Waals surface area contributed by atoms with Crippen molar-refractivity contribution in [2.45, 2.75) is 43.3 Å². The van der Waals surface area contributed by atoms with Gasteiger partial charge in [0.1, 0.15) is 17.8 Å². The van der Waals surface area contributed by atoms with E-state index in [9.17, 15) is 9.90 Å². The summed E-state index contributed by atoms with van der Waals surface area (Å²) >= 11 is 1.47. The average molecular weight is 413 g/mol. The lowest BCUT2D eigenvalue weighted by atomic mass is 10.1. The second-order valence-electron chi connectivity index (χ2n) is 7.19. The van der Waals surface area contributed by atoms with Crippen molar-refractivity contribution in [1.29, 1.82) is 0 Å². The highest BCUT2D eigenvalue weighted by Gasteiger charge is 2.18. The topological polar surface area (TPSA) is 84.4 Å². The van der Waals surface area contributed by atoms with Crippen LogP contribution in [-0.2, 0) is 18.8 Å². The quantitative estimate of drug-likeness (QED) is 0.596. The zero-order valence-electron chi connectivity index (χ0n) is 16.2. The molecule has 4 rings (SSSR count). The molecule has 1 N–H and O–H groups in total. The van der Waals surface area contributed by atoms with Crippen molar-refractivity contribution in [3.05, 3.63) is 70.0 Å². The number of benzene rings is 1. The first-order valence-electron chi connectivity index (χ1n) is 9.81. The van der Waals surface area contributed by atoms with Crippen LogP contribution in [0.1, 0.15) is 36.4 Å². The number of piperidine rings is 1. The molecule has 29 heavy (non-hydrogen) atoms. The summed E-state index contributed by atoms with van der Waals surface area (Å²) in [5.74, 6) is 1.50. The summed E-state index contributed by atoms with van der Waals surface area (Å²) in [6.45, 7) is 3.67. The number of thioether (sulfide) groups is 1. The minimum atomic E-state index is -0.441. The molecule has 3 heterocycles. The van der Waals surface area contributed by atoms with Crippen molar-refractivity contribution in [2.24, 2.45) is 0 Å². The van der Waals surface area contributed by atoms with E-state index in [4.69, 9.17) is 4.42 Å². The smallest absolute Gasteiger partial charge is 0.226 e. The van der Waals surface area contributed by atoms with Gasteiger partial charge in [-0.25, -0.2) is 0 Å². The summed E-state index contributed by atoms with van der Waals surface area (Å²) in [6, 6.07) is 11.6. The zero-order valence-corrected chi connectivity index (χ0v) is 17.0. The number of hydrogen-bond acceptors (Lipinski definition) is 7. The fraction of sp³-hybridized carbons (Fsp3) is 0.381. The number of nitrogens with zero attached hydrogens (tertiary/aromatic N) is 4. The molecule has 0 saturated carbocycles. The average Bonchev–Trinajstić information content (AvgIpc) is 3.11. The van der Waals surface area contributed by atoms with Gasteiger partial charge in [-0.05, 0) is 31.5 Å². The highest BCUT2D eigenvalue weighted by Crippen LogP contribution is 2.24. The fourth-order valence-electron chi connectivity index (χ4n) is 3.44. The Bertz CT molecular complexity index is 997. The molecule has 0 amide bonds. The van der Waals surface area contributed by atoms with Gasteiger partial charge in [-0.15, -0.1) is 10.2 Å². The molecule has 152 valence electrons. The van der Waals surface area contributed by atoms with Crippen molar-refractivity contribution < 1.29 is 9.52 Å². The Hall–Kier alpha value is -2.58. The van der Waals surface area contributed by atoms with Crippen molar-refractivity contribution in [1.82, 2.24) is 19.7 Å². The largest absolute Gasteiger partial charge is 0.502 e. The highest BCUT2D eigenvalue weighted by atomic mass is 32.2. The second-order valence-corrected chi connectivity index (χ2v) is 8.13. The van der Waals surface area contributed by atoms with E-state index in [0.29, 0.717) is 18.1 Å². The van der Waals surface area contributed by atoms with Gasteiger partial charge in [-0.1, -0.05) is 48.5 Å². The molecule has 1 aliphatic rings. The van der Waals surface area contributed by atoms with Gasteiger partial charge in [-0.3, -0.25) is 9.69 Å². The normalized spacial score (nSPS) is 14.9. The standard InChI is InChI=1S/C21H24N4O3S/c26-18-11-17(28-14-19(18)27)15-29-21-23-22-20(13-24-9-5-2-6-10-24)25(21)12-16-7-3-1-4-8-16/h1,3-4,7-8,11,14,27H,2,5-6,9-10,12-13,15H2. The van der Waals surface area contributed by atoms with Crippen LogP contribution in [0.25, 0.3) is 0 Å². The zero-order chi connectivity index (χ0) is 20.1. The van der Waals surface area contributed by atoms with E-state index in [1.54, 1.807) is 0 Å². The number of aromatic nitrogens is 3. The maximum Gasteiger partial charge on any atom is 0.226 e. The predicted octanol–water partition coefficient (Wildman–Crippen LogP) is 3.26. The van der Waals surface area contributed by atoms with Crippen molar-refractivity contribution in [3.63, 3.8) is 0 Å². The molecule has 0 aliphatic carbocycles. The molecular weight excluding hydrogens is 388 g/mol. The van der Waals surface area contributed by atoms with Crippen molar-refractivity contribution >= 4 is 11.8 Å². The molecule has 2 aromatic heterocycles. The van der Waals surface area contributed by atoms with Crippen LogP contribution in [0, 0.1) is 0 Å². The van der Waals surface area contributed by atoms with E-state index in [-0.39, 0.29) is 5.75 Å². The minimum absolute atomic E-state index is 0.380. The molecule has 1 aromatic carbocycles. The Morgan fingerprint density at radius 1 is 1.07 bits per heavy atom. The molecule has 0 bridgehead atoms. The summed E-state index contributed by atoms with van der Waals surface area (Å²) in [5.41, 5.74) is 0.744. The van der Waals surface area contributed by atoms with Gasteiger partial charge in [-0.2, -0.15) is 0 Å². The Balaban J connectivity index is 1.54. The Morgan fingerprint density at radius 3 is 2.62 bits per heavy atom. The van der Waals surface area contributed by atoms with E-state index in [0.717, 1.165) is 36.9 Å². The first-order chi connectivity index (χ1) is 14.2. The number of likely N-dealkylation sites (tertiary alicyclic amines) is 1. The molecule has 0 spiro atoms. The molecule has 1 fully saturated rings. The van der Waals surface area contributed by atoms with Crippen LogP contribution in [0.5, 0.6) is 5.75 Å². The Morgan fingerprint density at radius 2 is 1.86 bits per heavy atom. The first-order valence-corrected chi connectivity index (χ1v) is 10.8. The van der Waals surface area contributed by atoms with Gasteiger partial charge in [0.2, 0.25) is 5.43 Å². The van der Waals surface area contributed by atoms with Gasteiger partial charge in [0.15, 0.2) is 10.9 Å². The van der Waals surface area contributed by atoms with Crippen LogP contribution < -0.4 is 5.43 Å². The molecular formula is C21H24N4O3S. The summed E-state index contributed by atoms with van der Waals surface area (Å²) in [4.78, 5) is 14.1. The van der Waals surface area contributed by atoms with Gasteiger partial charge in [0.25, 0.3) is 0 Å². The highest BCUT2D eigenvalue weighted by molar-refractivity contribution is 7.98. The lowest BCUT2D eigenvalue weighted by Crippen LogP contribution is -2.30. The van der Waals surface area contributed by atoms with Gasteiger partial charge < -0.3 is 14.1 Å². The maximum absolute atomic E-state index is 11.6. The van der Waals surface area contributed by atoms with Crippen LogP contribution >= 0.6 is 11.8 Å². The number of rotatable bonds is 7. The van der Waals surface area contributed by atoms with Crippen LogP contribution in [-0.4, -0.2) is 37.9 Å². The third-order valence-corrected chi connectivity index (χ3v) is 5.99. The monoisotopic (exact) mass is 412 g/mol. The first kappa shape index (κ1) is 19.7. The summed E-state index contributed by atoms with van der Waals surface area (Å²) in [6.07, 6.45) is 4.84. The van der Waals surface area contributed by atoms with Gasteiger partial charge in [0.05, 0.1) is 18.8 Å². The maximum atomic E-state index is 11.6. The lowest BCUT2D eigenvalue weighted by Gasteiger charge is -2.26. The van der Waals surface area contributed by atoms with Gasteiger partial charge in [0, 0.05) is 6.07 Å². The summed E-state index contributed by atoms with van der Waals surface area (Å²) in [7, 11) is 0. The van der Waals surface area contributed by atoms with Gasteiger partial charge >= 0.3 is 0 Å². The molecule has 3 aromatic rings. The minimum Gasteiger partial charge on any atom is -0.502 e. The number of aromatic hydroxyl groups is 1. The van der Waals surface area contributed by atoms with E-state index < -0.39 is 5.43 Å². The molecule has 8 heteroatoms. The third kappa shape index (κ3) is 5.07. The van der Waals surface area contributed by atoms with Crippen molar-refractivity contribution in [3.8, 4) is 5.75 Å². The predicted molar refractivity (Wildman–Crippen MR) is 111 cm³/mol. The Labute approximate surface area is 173 Å². The number of hydrogen-bond donors (Lipinski definition) is 1. The summed E-state index contributed by atoms with van der Waals surface area (Å²) in [5, 5.41) is 19.0. The van der Waals surface area contributed by atoms with Crippen LogP contribution in [0.4, 0.5) is 0 Å². The van der Waals surface area contributed by atoms with Crippen LogP contribution in [0.3, 0.4) is 0 Å². The molecule has 7 nitrogen and oxygen atoms in total. The fourth-order valence-corrected chi connectivity index (χ4v) is 4.29. The Kier molecular flexibility index (Phi) is 6.31. The van der Waals surface area contributed by atoms with Crippen LogP contribution in [0.2, 0.25) is 0 Å². The molecule has 0 radical (unpaired) electrons. The molecule has 1 aliphatic heterocycles. The van der Waals surface area contributed by atoms with E-state index in [1.165, 1.54) is 42.7 Å². The van der Waals surface area contributed by atoms with E-state index >= 15 is 0 Å².